The largest absolute Gasteiger partial charge is 0.309 e. The number of hydrogen-bond donors (Lipinski definition) is 0. The molecule has 0 radical (unpaired) electrons. The Hall–Kier alpha value is -7.24. The number of para-hydroxylation sites is 1. The van der Waals surface area contributed by atoms with Crippen LogP contribution in [0.2, 0.25) is 0 Å². The van der Waals surface area contributed by atoms with Crippen molar-refractivity contribution in [3.05, 3.63) is 176 Å². The summed E-state index contributed by atoms with van der Waals surface area (Å²) in [5.41, 5.74) is 13.4. The molecular formula is C48H29N5. The molecular weight excluding hydrogens is 647 g/mol. The molecule has 0 aliphatic heterocycles. The zero-order valence-electron chi connectivity index (χ0n) is 28.5. The molecule has 7 aromatic carbocycles. The van der Waals surface area contributed by atoms with E-state index in [1.54, 1.807) is 0 Å². The second-order valence-corrected chi connectivity index (χ2v) is 13.5. The number of hydrogen-bond acceptors (Lipinski definition) is 4. The van der Waals surface area contributed by atoms with Crippen molar-refractivity contribution in [1.82, 2.24) is 24.5 Å². The van der Waals surface area contributed by atoms with E-state index in [0.29, 0.717) is 17.5 Å². The van der Waals surface area contributed by atoms with E-state index >= 15 is 0 Å². The molecule has 0 N–H and O–H groups in total. The first-order valence-corrected chi connectivity index (χ1v) is 17.8. The van der Waals surface area contributed by atoms with Gasteiger partial charge in [0.05, 0.1) is 11.0 Å². The summed E-state index contributed by atoms with van der Waals surface area (Å²) >= 11 is 0. The maximum Gasteiger partial charge on any atom is 0.164 e. The van der Waals surface area contributed by atoms with Crippen molar-refractivity contribution >= 4 is 32.6 Å². The highest BCUT2D eigenvalue weighted by Gasteiger charge is 2.26. The van der Waals surface area contributed by atoms with Gasteiger partial charge in [-0.3, -0.25) is 4.98 Å². The second-order valence-electron chi connectivity index (χ2n) is 13.5. The summed E-state index contributed by atoms with van der Waals surface area (Å²) in [6, 6.07) is 57.5. The van der Waals surface area contributed by atoms with Gasteiger partial charge in [0, 0.05) is 56.7 Å². The van der Waals surface area contributed by atoms with Gasteiger partial charge in [0.2, 0.25) is 0 Å². The van der Waals surface area contributed by atoms with Crippen LogP contribution in [-0.4, -0.2) is 24.5 Å². The van der Waals surface area contributed by atoms with Gasteiger partial charge >= 0.3 is 0 Å². The van der Waals surface area contributed by atoms with E-state index < -0.39 is 0 Å². The number of benzene rings is 7. The first-order valence-electron chi connectivity index (χ1n) is 17.8. The molecule has 5 heteroatoms. The third-order valence-electron chi connectivity index (χ3n) is 10.5. The monoisotopic (exact) mass is 675 g/mol. The minimum atomic E-state index is 0.634. The van der Waals surface area contributed by atoms with Crippen molar-refractivity contribution < 1.29 is 0 Å². The average Bonchev–Trinajstić information content (AvgIpc) is 3.52. The molecule has 3 aromatic heterocycles. The van der Waals surface area contributed by atoms with E-state index in [9.17, 15) is 0 Å². The van der Waals surface area contributed by atoms with E-state index in [0.717, 1.165) is 39.0 Å². The summed E-state index contributed by atoms with van der Waals surface area (Å²) < 4.78 is 2.38. The zero-order chi connectivity index (χ0) is 34.9. The van der Waals surface area contributed by atoms with Crippen molar-refractivity contribution in [3.63, 3.8) is 0 Å². The lowest BCUT2D eigenvalue weighted by Gasteiger charge is -2.14. The van der Waals surface area contributed by atoms with Crippen molar-refractivity contribution in [3.8, 4) is 73.2 Å². The Morgan fingerprint density at radius 3 is 1.66 bits per heavy atom. The van der Waals surface area contributed by atoms with Crippen LogP contribution in [0.4, 0.5) is 0 Å². The molecule has 0 saturated heterocycles. The Bertz CT molecular complexity index is 2980. The average molecular weight is 676 g/mol. The van der Waals surface area contributed by atoms with Crippen LogP contribution in [0, 0.1) is 0 Å². The fourth-order valence-electron chi connectivity index (χ4n) is 8.16. The number of fused-ring (bicyclic) bond motifs is 9. The molecule has 3 heterocycles. The predicted octanol–water partition coefficient (Wildman–Crippen LogP) is 11.8. The Morgan fingerprint density at radius 1 is 0.377 bits per heavy atom. The molecule has 0 fully saturated rings. The molecule has 0 unspecified atom stereocenters. The van der Waals surface area contributed by atoms with Crippen molar-refractivity contribution in [1.29, 1.82) is 0 Å². The highest BCUT2D eigenvalue weighted by molar-refractivity contribution is 6.23. The summed E-state index contributed by atoms with van der Waals surface area (Å²) in [5.74, 6) is 1.93. The summed E-state index contributed by atoms with van der Waals surface area (Å²) in [6.07, 6.45) is 3.95. The quantitative estimate of drug-likeness (QED) is 0.186. The Morgan fingerprint density at radius 2 is 0.981 bits per heavy atom. The summed E-state index contributed by atoms with van der Waals surface area (Å²) in [6.45, 7) is 0. The lowest BCUT2D eigenvalue weighted by molar-refractivity contribution is 1.07. The van der Waals surface area contributed by atoms with E-state index in [-0.39, 0.29) is 0 Å². The van der Waals surface area contributed by atoms with E-state index in [1.165, 1.54) is 49.4 Å². The molecule has 0 atom stereocenters. The molecule has 10 aromatic rings. The molecule has 0 bridgehead atoms. The van der Waals surface area contributed by atoms with Gasteiger partial charge in [-0.2, -0.15) is 0 Å². The molecule has 1 aliphatic rings. The topological polar surface area (TPSA) is 56.5 Å². The molecule has 1 aliphatic carbocycles. The molecule has 0 amide bonds. The van der Waals surface area contributed by atoms with Crippen LogP contribution >= 0.6 is 0 Å². The van der Waals surface area contributed by atoms with Gasteiger partial charge in [-0.1, -0.05) is 121 Å². The first kappa shape index (κ1) is 29.5. The van der Waals surface area contributed by atoms with Gasteiger partial charge in [-0.05, 0) is 75.5 Å². The van der Waals surface area contributed by atoms with Crippen LogP contribution in [0.5, 0.6) is 0 Å². The van der Waals surface area contributed by atoms with Crippen molar-refractivity contribution in [2.75, 3.05) is 0 Å². The SMILES string of the molecule is c1ccc(-c2nc(-c3ccccc3)nc(-c3ccc(-n4c5ccccc5c5c6c(ccc54)-c4cccc5cccc(c45)-c4ccncc4-6)cc3)n2)cc1. The van der Waals surface area contributed by atoms with Crippen molar-refractivity contribution in [2.24, 2.45) is 0 Å². The number of rotatable bonds is 4. The van der Waals surface area contributed by atoms with Crippen LogP contribution in [-0.2, 0) is 0 Å². The fourth-order valence-corrected chi connectivity index (χ4v) is 8.16. The van der Waals surface area contributed by atoms with Gasteiger partial charge in [0.15, 0.2) is 17.5 Å². The van der Waals surface area contributed by atoms with Crippen LogP contribution in [0.25, 0.3) is 106 Å². The summed E-state index contributed by atoms with van der Waals surface area (Å²) in [7, 11) is 0. The highest BCUT2D eigenvalue weighted by atomic mass is 15.0. The lowest BCUT2D eigenvalue weighted by atomic mass is 9.91. The number of nitrogens with zero attached hydrogens (tertiary/aromatic N) is 5. The second kappa shape index (κ2) is 11.7. The van der Waals surface area contributed by atoms with Gasteiger partial charge < -0.3 is 4.57 Å². The number of pyridine rings is 1. The van der Waals surface area contributed by atoms with Crippen molar-refractivity contribution in [2.45, 2.75) is 0 Å². The molecule has 5 nitrogen and oxygen atoms in total. The van der Waals surface area contributed by atoms with E-state index in [1.807, 2.05) is 73.1 Å². The van der Waals surface area contributed by atoms with Crippen LogP contribution in [0.15, 0.2) is 176 Å². The molecule has 0 spiro atoms. The van der Waals surface area contributed by atoms with Crippen LogP contribution in [0.3, 0.4) is 0 Å². The Balaban J connectivity index is 1.12. The van der Waals surface area contributed by atoms with Gasteiger partial charge in [-0.25, -0.2) is 15.0 Å². The molecule has 0 saturated carbocycles. The smallest absolute Gasteiger partial charge is 0.164 e. The summed E-state index contributed by atoms with van der Waals surface area (Å²) in [5, 5.41) is 4.94. The molecule has 11 rings (SSSR count). The molecule has 246 valence electrons. The minimum absolute atomic E-state index is 0.634. The van der Waals surface area contributed by atoms with Gasteiger partial charge in [-0.15, -0.1) is 0 Å². The fraction of sp³-hybridized carbons (Fsp3) is 0. The van der Waals surface area contributed by atoms with E-state index in [4.69, 9.17) is 15.0 Å². The predicted molar refractivity (Wildman–Crippen MR) is 216 cm³/mol. The lowest BCUT2D eigenvalue weighted by Crippen LogP contribution is -2.00. The van der Waals surface area contributed by atoms with Crippen LogP contribution < -0.4 is 0 Å². The molecule has 53 heavy (non-hydrogen) atoms. The third-order valence-corrected chi connectivity index (χ3v) is 10.5. The van der Waals surface area contributed by atoms with E-state index in [2.05, 4.69) is 113 Å². The highest BCUT2D eigenvalue weighted by Crippen LogP contribution is 2.51. The standard InChI is InChI=1S/C48H29N5/c1-3-11-31(12-4-1)46-50-47(32-13-5-2-6-14-32)52-48(51-46)33-21-23-34(24-22-33)53-41-20-8-7-17-39(41)45-42(53)26-25-38-37-19-10-16-30-15-9-18-36(43(30)37)35-27-28-49-29-40(35)44(38)45/h1-29H. The third kappa shape index (κ3) is 4.57. The maximum atomic E-state index is 4.97. The maximum absolute atomic E-state index is 4.97. The minimum Gasteiger partial charge on any atom is -0.309 e. The normalized spacial score (nSPS) is 11.8. The Kier molecular flexibility index (Phi) is 6.48. The van der Waals surface area contributed by atoms with Gasteiger partial charge in [0.1, 0.15) is 0 Å². The number of aromatic nitrogens is 5. The zero-order valence-corrected chi connectivity index (χ0v) is 28.5. The Labute approximate surface area is 305 Å². The van der Waals surface area contributed by atoms with Crippen LogP contribution in [0.1, 0.15) is 0 Å². The van der Waals surface area contributed by atoms with Gasteiger partial charge in [0.25, 0.3) is 0 Å². The first-order chi connectivity index (χ1) is 26.3. The summed E-state index contributed by atoms with van der Waals surface area (Å²) in [4.78, 5) is 19.5.